The third kappa shape index (κ3) is 3.79. The highest BCUT2D eigenvalue weighted by Crippen LogP contribution is 2.37. The van der Waals surface area contributed by atoms with E-state index >= 15 is 0 Å². The molecule has 0 aliphatic carbocycles. The summed E-state index contributed by atoms with van der Waals surface area (Å²) < 4.78 is 8.43. The number of aryl methyl sites for hydroxylation is 1. The first kappa shape index (κ1) is 19.8. The Morgan fingerprint density at radius 2 is 1.81 bits per heavy atom. The first-order valence-corrected chi connectivity index (χ1v) is 10.8. The van der Waals surface area contributed by atoms with Crippen LogP contribution in [0.15, 0.2) is 78.6 Å². The van der Waals surface area contributed by atoms with Crippen LogP contribution in [-0.2, 0) is 7.05 Å². The number of pyridine rings is 1. The Hall–Kier alpha value is -4.17. The SMILES string of the molecule is Cn1cc(-c2cnc(N)c3c(C(=O)Nc4ccc(Oc5ccccc5)cc4)csc23)cn1. The van der Waals surface area contributed by atoms with Gasteiger partial charge >= 0.3 is 0 Å². The van der Waals surface area contributed by atoms with E-state index in [0.29, 0.717) is 28.2 Å². The molecule has 5 aromatic rings. The molecular weight excluding hydrogens is 422 g/mol. The van der Waals surface area contributed by atoms with E-state index in [-0.39, 0.29) is 5.91 Å². The van der Waals surface area contributed by atoms with Gasteiger partial charge in [0, 0.05) is 51.7 Å². The fourth-order valence-corrected chi connectivity index (χ4v) is 4.52. The van der Waals surface area contributed by atoms with Gasteiger partial charge in [-0.1, -0.05) is 18.2 Å². The van der Waals surface area contributed by atoms with Crippen molar-refractivity contribution in [2.24, 2.45) is 7.05 Å². The molecular formula is C24H19N5O2S. The second kappa shape index (κ2) is 8.16. The molecule has 0 spiro atoms. The summed E-state index contributed by atoms with van der Waals surface area (Å²) in [7, 11) is 1.86. The zero-order valence-electron chi connectivity index (χ0n) is 17.1. The van der Waals surface area contributed by atoms with Crippen molar-refractivity contribution >= 4 is 38.8 Å². The van der Waals surface area contributed by atoms with Crippen molar-refractivity contribution in [3.8, 4) is 22.6 Å². The number of para-hydroxylation sites is 1. The van der Waals surface area contributed by atoms with Crippen LogP contribution in [0.5, 0.6) is 11.5 Å². The van der Waals surface area contributed by atoms with Crippen LogP contribution in [-0.4, -0.2) is 20.7 Å². The van der Waals surface area contributed by atoms with Gasteiger partial charge in [-0.25, -0.2) is 4.98 Å². The first-order chi connectivity index (χ1) is 15.6. The van der Waals surface area contributed by atoms with E-state index in [1.165, 1.54) is 11.3 Å². The molecule has 3 N–H and O–H groups in total. The minimum atomic E-state index is -0.246. The van der Waals surface area contributed by atoms with Crippen LogP contribution in [0.2, 0.25) is 0 Å². The Morgan fingerprint density at radius 1 is 1.06 bits per heavy atom. The number of anilines is 2. The molecule has 3 heterocycles. The van der Waals surface area contributed by atoms with E-state index in [4.69, 9.17) is 10.5 Å². The summed E-state index contributed by atoms with van der Waals surface area (Å²) in [5.74, 6) is 1.52. The molecule has 8 heteroatoms. The standard InChI is InChI=1S/C24H19N5O2S/c1-29-13-15(11-27-29)19-12-26-23(25)21-20(14-32-22(19)21)24(30)28-16-7-9-18(10-8-16)31-17-5-3-2-4-6-17/h2-14H,1H3,(H2,25,26)(H,28,30). The van der Waals surface area contributed by atoms with E-state index in [9.17, 15) is 4.79 Å². The summed E-state index contributed by atoms with van der Waals surface area (Å²) in [6.45, 7) is 0. The van der Waals surface area contributed by atoms with Crippen LogP contribution in [0.1, 0.15) is 10.4 Å². The lowest BCUT2D eigenvalue weighted by Gasteiger charge is -2.08. The van der Waals surface area contributed by atoms with Crippen LogP contribution in [0.4, 0.5) is 11.5 Å². The number of nitrogen functional groups attached to an aromatic ring is 1. The largest absolute Gasteiger partial charge is 0.457 e. The molecule has 1 amide bonds. The maximum atomic E-state index is 13.0. The number of fused-ring (bicyclic) bond motifs is 1. The normalized spacial score (nSPS) is 10.9. The first-order valence-electron chi connectivity index (χ1n) is 9.87. The number of carbonyl (C=O) groups excluding carboxylic acids is 1. The van der Waals surface area contributed by atoms with Gasteiger partial charge < -0.3 is 15.8 Å². The molecule has 0 aliphatic heterocycles. The number of carbonyl (C=O) groups is 1. The maximum absolute atomic E-state index is 13.0. The summed E-state index contributed by atoms with van der Waals surface area (Å²) in [6.07, 6.45) is 5.40. The number of nitrogens with zero attached hydrogens (tertiary/aromatic N) is 3. The van der Waals surface area contributed by atoms with Crippen LogP contribution >= 0.6 is 11.3 Å². The summed E-state index contributed by atoms with van der Waals surface area (Å²) in [5, 5.41) is 9.62. The van der Waals surface area contributed by atoms with Crippen molar-refractivity contribution < 1.29 is 9.53 Å². The average Bonchev–Trinajstić information content (AvgIpc) is 3.44. The highest BCUT2D eigenvalue weighted by Gasteiger charge is 2.19. The van der Waals surface area contributed by atoms with E-state index < -0.39 is 0 Å². The molecule has 0 radical (unpaired) electrons. The average molecular weight is 442 g/mol. The number of nitrogens with one attached hydrogen (secondary N) is 1. The quantitative estimate of drug-likeness (QED) is 0.385. The predicted molar refractivity (Wildman–Crippen MR) is 127 cm³/mol. The van der Waals surface area contributed by atoms with Gasteiger partial charge in [-0.15, -0.1) is 11.3 Å². The highest BCUT2D eigenvalue weighted by molar-refractivity contribution is 7.18. The van der Waals surface area contributed by atoms with Crippen molar-refractivity contribution in [3.05, 3.63) is 84.1 Å². The van der Waals surface area contributed by atoms with Gasteiger partial charge in [0.2, 0.25) is 0 Å². The van der Waals surface area contributed by atoms with Crippen molar-refractivity contribution in [1.29, 1.82) is 0 Å². The number of rotatable bonds is 5. The topological polar surface area (TPSA) is 95.1 Å². The second-order valence-electron chi connectivity index (χ2n) is 7.21. The fraction of sp³-hybridized carbons (Fsp3) is 0.0417. The summed E-state index contributed by atoms with van der Waals surface area (Å²) in [5.41, 5.74) is 9.13. The zero-order chi connectivity index (χ0) is 22.1. The van der Waals surface area contributed by atoms with Gasteiger partial charge in [0.25, 0.3) is 5.91 Å². The number of ether oxygens (including phenoxy) is 1. The molecule has 0 saturated carbocycles. The van der Waals surface area contributed by atoms with E-state index in [1.807, 2.05) is 61.1 Å². The Balaban J connectivity index is 1.39. The van der Waals surface area contributed by atoms with Crippen LogP contribution < -0.4 is 15.8 Å². The molecule has 0 bridgehead atoms. The minimum absolute atomic E-state index is 0.246. The summed E-state index contributed by atoms with van der Waals surface area (Å²) in [4.78, 5) is 17.4. The number of thiophene rings is 1. The smallest absolute Gasteiger partial charge is 0.257 e. The van der Waals surface area contributed by atoms with E-state index in [2.05, 4.69) is 15.4 Å². The van der Waals surface area contributed by atoms with Crippen molar-refractivity contribution in [2.75, 3.05) is 11.1 Å². The maximum Gasteiger partial charge on any atom is 0.257 e. The molecule has 5 rings (SSSR count). The molecule has 7 nitrogen and oxygen atoms in total. The Morgan fingerprint density at radius 3 is 2.53 bits per heavy atom. The molecule has 0 aliphatic rings. The zero-order valence-corrected chi connectivity index (χ0v) is 18.0. The highest BCUT2D eigenvalue weighted by atomic mass is 32.1. The number of hydrogen-bond acceptors (Lipinski definition) is 6. The molecule has 32 heavy (non-hydrogen) atoms. The van der Waals surface area contributed by atoms with Crippen molar-refractivity contribution in [2.45, 2.75) is 0 Å². The van der Waals surface area contributed by atoms with Crippen molar-refractivity contribution in [1.82, 2.24) is 14.8 Å². The van der Waals surface area contributed by atoms with Crippen molar-refractivity contribution in [3.63, 3.8) is 0 Å². The van der Waals surface area contributed by atoms with E-state index in [1.54, 1.807) is 29.2 Å². The number of benzene rings is 2. The lowest BCUT2D eigenvalue weighted by Crippen LogP contribution is -2.11. The predicted octanol–water partition coefficient (Wildman–Crippen LogP) is 5.32. The van der Waals surface area contributed by atoms with Gasteiger partial charge in [-0.05, 0) is 36.4 Å². The molecule has 0 saturated heterocycles. The molecule has 2 aromatic carbocycles. The minimum Gasteiger partial charge on any atom is -0.457 e. The molecule has 0 fully saturated rings. The monoisotopic (exact) mass is 441 g/mol. The fourth-order valence-electron chi connectivity index (χ4n) is 3.43. The van der Waals surface area contributed by atoms with E-state index in [0.717, 1.165) is 21.6 Å². The van der Waals surface area contributed by atoms with Crippen LogP contribution in [0.25, 0.3) is 21.2 Å². The Kier molecular flexibility index (Phi) is 5.04. The van der Waals surface area contributed by atoms with Gasteiger partial charge in [-0.3, -0.25) is 9.48 Å². The van der Waals surface area contributed by atoms with Crippen LogP contribution in [0, 0.1) is 0 Å². The summed E-state index contributed by atoms with van der Waals surface area (Å²) in [6, 6.07) is 16.7. The third-order valence-corrected chi connectivity index (χ3v) is 5.99. The van der Waals surface area contributed by atoms with Gasteiger partial charge in [0.05, 0.1) is 11.8 Å². The second-order valence-corrected chi connectivity index (χ2v) is 8.09. The van der Waals surface area contributed by atoms with Crippen LogP contribution in [0.3, 0.4) is 0 Å². The number of amides is 1. The summed E-state index contributed by atoms with van der Waals surface area (Å²) >= 11 is 1.46. The Labute approximate surface area is 188 Å². The Bertz CT molecular complexity index is 1410. The van der Waals surface area contributed by atoms with Gasteiger partial charge in [-0.2, -0.15) is 5.10 Å². The molecule has 0 unspecified atom stereocenters. The molecule has 158 valence electrons. The number of nitrogens with two attached hydrogens (primary N) is 1. The lowest BCUT2D eigenvalue weighted by molar-refractivity contribution is 0.102. The van der Waals surface area contributed by atoms with Gasteiger partial charge in [0.1, 0.15) is 17.3 Å². The number of aromatic nitrogens is 3. The lowest BCUT2D eigenvalue weighted by atomic mass is 10.1. The molecule has 0 atom stereocenters. The van der Waals surface area contributed by atoms with Gasteiger partial charge in [0.15, 0.2) is 0 Å². The number of hydrogen-bond donors (Lipinski definition) is 2. The molecule has 3 aromatic heterocycles. The third-order valence-electron chi connectivity index (χ3n) is 4.98.